The number of hydrogen-bond acceptors (Lipinski definition) is 3. The van der Waals surface area contributed by atoms with Gasteiger partial charge in [0.1, 0.15) is 0 Å². The number of ether oxygens (including phenoxy) is 1. The van der Waals surface area contributed by atoms with Gasteiger partial charge in [0.25, 0.3) is 0 Å². The van der Waals surface area contributed by atoms with Crippen molar-refractivity contribution in [2.24, 2.45) is 11.7 Å². The lowest BCUT2D eigenvalue weighted by Crippen LogP contribution is -2.56. The zero-order chi connectivity index (χ0) is 10.6. The fourth-order valence-electron chi connectivity index (χ4n) is 2.23. The highest BCUT2D eigenvalue weighted by atomic mass is 16.5. The predicted octanol–water partition coefficient (Wildman–Crippen LogP) is 1.08. The highest BCUT2D eigenvalue weighted by Gasteiger charge is 2.35. The number of likely N-dealkylation sites (N-methyl/N-ethyl adjacent to an activating group) is 1. The summed E-state index contributed by atoms with van der Waals surface area (Å²) in [5, 5.41) is 0. The van der Waals surface area contributed by atoms with Crippen molar-refractivity contribution >= 4 is 0 Å². The van der Waals surface area contributed by atoms with Crippen LogP contribution in [-0.2, 0) is 4.74 Å². The molecule has 3 nitrogen and oxygen atoms in total. The molecule has 0 bridgehead atoms. The van der Waals surface area contributed by atoms with Gasteiger partial charge in [0.2, 0.25) is 0 Å². The number of rotatable bonds is 4. The van der Waals surface area contributed by atoms with Gasteiger partial charge in [-0.25, -0.2) is 0 Å². The molecular weight excluding hydrogens is 176 g/mol. The molecule has 1 aliphatic rings. The lowest BCUT2D eigenvalue weighted by Gasteiger charge is -2.44. The summed E-state index contributed by atoms with van der Waals surface area (Å²) < 4.78 is 5.40. The third-order valence-corrected chi connectivity index (χ3v) is 3.25. The largest absolute Gasteiger partial charge is 0.381 e. The minimum absolute atomic E-state index is 0.197. The van der Waals surface area contributed by atoms with Gasteiger partial charge in [-0.2, -0.15) is 0 Å². The molecule has 0 spiro atoms. The molecule has 0 unspecified atom stereocenters. The molecule has 84 valence electrons. The number of hydrogen-bond donors (Lipinski definition) is 1. The molecule has 1 saturated heterocycles. The van der Waals surface area contributed by atoms with E-state index in [1.807, 2.05) is 0 Å². The van der Waals surface area contributed by atoms with Crippen LogP contribution >= 0.6 is 0 Å². The molecule has 0 saturated carbocycles. The molecule has 0 aliphatic carbocycles. The Labute approximate surface area is 87.6 Å². The molecule has 0 aromatic carbocycles. The van der Waals surface area contributed by atoms with Crippen molar-refractivity contribution < 1.29 is 4.74 Å². The molecule has 0 radical (unpaired) electrons. The zero-order valence-electron chi connectivity index (χ0n) is 9.75. The maximum atomic E-state index is 5.92. The highest BCUT2D eigenvalue weighted by molar-refractivity contribution is 4.92. The first-order chi connectivity index (χ1) is 6.60. The van der Waals surface area contributed by atoms with Crippen LogP contribution in [-0.4, -0.2) is 43.8 Å². The predicted molar refractivity (Wildman–Crippen MR) is 59.3 cm³/mol. The molecule has 3 heteroatoms. The maximum absolute atomic E-state index is 5.92. The Hall–Kier alpha value is -0.120. The molecule has 1 aliphatic heterocycles. The molecule has 0 aromatic rings. The van der Waals surface area contributed by atoms with Gasteiger partial charge in [-0.3, -0.25) is 4.90 Å². The Morgan fingerprint density at radius 3 is 2.36 bits per heavy atom. The average molecular weight is 200 g/mol. The lowest BCUT2D eigenvalue weighted by molar-refractivity contribution is -0.0168. The summed E-state index contributed by atoms with van der Waals surface area (Å²) in [6.45, 7) is 8.09. The summed E-state index contributed by atoms with van der Waals surface area (Å²) in [4.78, 5) is 2.43. The van der Waals surface area contributed by atoms with Crippen LogP contribution in [0.25, 0.3) is 0 Å². The second-order valence-corrected chi connectivity index (χ2v) is 4.82. The smallest absolute Gasteiger partial charge is 0.0484 e. The Balaban J connectivity index is 2.57. The standard InChI is InChI=1S/C11H24N2O/c1-10(2)8-13(3)11(9-12)4-6-14-7-5-11/h10H,4-9,12H2,1-3H3. The van der Waals surface area contributed by atoms with E-state index in [-0.39, 0.29) is 5.54 Å². The van der Waals surface area contributed by atoms with Gasteiger partial charge in [-0.15, -0.1) is 0 Å². The summed E-state index contributed by atoms with van der Waals surface area (Å²) in [5.74, 6) is 0.700. The van der Waals surface area contributed by atoms with Crippen molar-refractivity contribution in [2.75, 3.05) is 33.4 Å². The normalized spacial score (nSPS) is 21.9. The van der Waals surface area contributed by atoms with Crippen LogP contribution in [0.2, 0.25) is 0 Å². The fourth-order valence-corrected chi connectivity index (χ4v) is 2.23. The van der Waals surface area contributed by atoms with Gasteiger partial charge in [0.15, 0.2) is 0 Å². The summed E-state index contributed by atoms with van der Waals surface area (Å²) in [5.41, 5.74) is 6.11. The number of nitrogens with zero attached hydrogens (tertiary/aromatic N) is 1. The molecule has 0 aromatic heterocycles. The monoisotopic (exact) mass is 200 g/mol. The minimum atomic E-state index is 0.197. The molecule has 1 fully saturated rings. The molecule has 1 rings (SSSR count). The van der Waals surface area contributed by atoms with Crippen molar-refractivity contribution in [1.29, 1.82) is 0 Å². The Bertz CT molecular complexity index is 165. The van der Waals surface area contributed by atoms with E-state index in [2.05, 4.69) is 25.8 Å². The highest BCUT2D eigenvalue weighted by Crippen LogP contribution is 2.26. The van der Waals surface area contributed by atoms with Crippen LogP contribution < -0.4 is 5.73 Å². The summed E-state index contributed by atoms with van der Waals surface area (Å²) in [7, 11) is 2.19. The van der Waals surface area contributed by atoms with Crippen LogP contribution in [0.3, 0.4) is 0 Å². The van der Waals surface area contributed by atoms with Crippen LogP contribution in [0.15, 0.2) is 0 Å². The van der Waals surface area contributed by atoms with Gasteiger partial charge in [-0.1, -0.05) is 13.8 Å². The average Bonchev–Trinajstić information content (AvgIpc) is 2.18. The second kappa shape index (κ2) is 5.10. The maximum Gasteiger partial charge on any atom is 0.0484 e. The van der Waals surface area contributed by atoms with Crippen LogP contribution in [0.5, 0.6) is 0 Å². The molecule has 0 amide bonds. The Morgan fingerprint density at radius 1 is 1.36 bits per heavy atom. The van der Waals surface area contributed by atoms with Gasteiger partial charge in [0.05, 0.1) is 0 Å². The van der Waals surface area contributed by atoms with Crippen LogP contribution in [0.4, 0.5) is 0 Å². The van der Waals surface area contributed by atoms with E-state index in [1.54, 1.807) is 0 Å². The van der Waals surface area contributed by atoms with Crippen molar-refractivity contribution in [3.63, 3.8) is 0 Å². The van der Waals surface area contributed by atoms with Crippen molar-refractivity contribution in [1.82, 2.24) is 4.90 Å². The van der Waals surface area contributed by atoms with E-state index in [1.165, 1.54) is 0 Å². The summed E-state index contributed by atoms with van der Waals surface area (Å²) >= 11 is 0. The van der Waals surface area contributed by atoms with E-state index in [4.69, 9.17) is 10.5 Å². The van der Waals surface area contributed by atoms with Crippen LogP contribution in [0.1, 0.15) is 26.7 Å². The van der Waals surface area contributed by atoms with E-state index >= 15 is 0 Å². The van der Waals surface area contributed by atoms with Crippen molar-refractivity contribution in [3.05, 3.63) is 0 Å². The van der Waals surface area contributed by atoms with Crippen molar-refractivity contribution in [2.45, 2.75) is 32.2 Å². The third-order valence-electron chi connectivity index (χ3n) is 3.25. The van der Waals surface area contributed by atoms with E-state index < -0.39 is 0 Å². The second-order valence-electron chi connectivity index (χ2n) is 4.82. The fraction of sp³-hybridized carbons (Fsp3) is 1.00. The summed E-state index contributed by atoms with van der Waals surface area (Å²) in [6, 6.07) is 0. The van der Waals surface area contributed by atoms with Gasteiger partial charge < -0.3 is 10.5 Å². The van der Waals surface area contributed by atoms with E-state index in [0.717, 1.165) is 39.1 Å². The quantitative estimate of drug-likeness (QED) is 0.738. The Morgan fingerprint density at radius 2 is 1.93 bits per heavy atom. The van der Waals surface area contributed by atoms with Gasteiger partial charge >= 0.3 is 0 Å². The van der Waals surface area contributed by atoms with Crippen LogP contribution in [0, 0.1) is 5.92 Å². The first kappa shape index (κ1) is 12.0. The van der Waals surface area contributed by atoms with E-state index in [9.17, 15) is 0 Å². The van der Waals surface area contributed by atoms with Gasteiger partial charge in [0, 0.05) is 31.8 Å². The Kier molecular flexibility index (Phi) is 4.35. The molecular formula is C11H24N2O. The molecule has 1 heterocycles. The topological polar surface area (TPSA) is 38.5 Å². The molecule has 0 atom stereocenters. The van der Waals surface area contributed by atoms with Gasteiger partial charge in [-0.05, 0) is 25.8 Å². The number of nitrogens with two attached hydrogens (primary N) is 1. The van der Waals surface area contributed by atoms with E-state index in [0.29, 0.717) is 5.92 Å². The first-order valence-electron chi connectivity index (χ1n) is 5.60. The summed E-state index contributed by atoms with van der Waals surface area (Å²) in [6.07, 6.45) is 2.15. The van der Waals surface area contributed by atoms with Crippen molar-refractivity contribution in [3.8, 4) is 0 Å². The first-order valence-corrected chi connectivity index (χ1v) is 5.60. The molecule has 2 N–H and O–H groups in total. The molecule has 14 heavy (non-hydrogen) atoms. The third kappa shape index (κ3) is 2.69. The minimum Gasteiger partial charge on any atom is -0.381 e. The lowest BCUT2D eigenvalue weighted by atomic mass is 9.88. The SMILES string of the molecule is CC(C)CN(C)C1(CN)CCOCC1. The zero-order valence-corrected chi connectivity index (χ0v) is 9.75.